The molecule has 2 aromatic rings. The molecular formula is C18H16N2O. The van der Waals surface area contributed by atoms with Crippen LogP contribution in [0.3, 0.4) is 0 Å². The van der Waals surface area contributed by atoms with E-state index in [1.165, 1.54) is 0 Å². The molecule has 0 unspecified atom stereocenters. The van der Waals surface area contributed by atoms with Gasteiger partial charge in [0, 0.05) is 0 Å². The van der Waals surface area contributed by atoms with Gasteiger partial charge in [0.15, 0.2) is 0 Å². The maximum absolute atomic E-state index is 12.2. The predicted octanol–water partition coefficient (Wildman–Crippen LogP) is 3.47. The molecule has 104 valence electrons. The van der Waals surface area contributed by atoms with Crippen LogP contribution in [0.2, 0.25) is 0 Å². The molecule has 2 rings (SSSR count). The molecule has 3 nitrogen and oxygen atoms in total. The average Bonchev–Trinajstić information content (AvgIpc) is 2.54. The van der Waals surface area contributed by atoms with Crippen LogP contribution >= 0.6 is 0 Å². The first-order chi connectivity index (χ1) is 10.2. The highest BCUT2D eigenvalue weighted by molar-refractivity contribution is 6.01. The molecule has 0 aromatic heterocycles. The van der Waals surface area contributed by atoms with Crippen LogP contribution < -0.4 is 5.32 Å². The van der Waals surface area contributed by atoms with Crippen LogP contribution in [-0.4, -0.2) is 5.91 Å². The van der Waals surface area contributed by atoms with Gasteiger partial charge >= 0.3 is 0 Å². The maximum Gasteiger partial charge on any atom is 0.262 e. The van der Waals surface area contributed by atoms with Gasteiger partial charge < -0.3 is 5.32 Å². The van der Waals surface area contributed by atoms with Crippen molar-refractivity contribution in [3.63, 3.8) is 0 Å². The minimum Gasteiger partial charge on any atom is -0.345 e. The van der Waals surface area contributed by atoms with Crippen LogP contribution in [0, 0.1) is 11.3 Å². The fraction of sp³-hybridized carbons (Fsp3) is 0.111. The number of nitriles is 1. The largest absolute Gasteiger partial charge is 0.345 e. The third-order valence-electron chi connectivity index (χ3n) is 3.12. The zero-order chi connectivity index (χ0) is 15.1. The first-order valence-corrected chi connectivity index (χ1v) is 6.73. The number of carbonyl (C=O) groups excluding carboxylic acids is 1. The number of nitrogens with one attached hydrogen (secondary N) is 1. The second-order valence-corrected chi connectivity index (χ2v) is 4.69. The van der Waals surface area contributed by atoms with E-state index in [1.807, 2.05) is 73.7 Å². The van der Waals surface area contributed by atoms with Gasteiger partial charge in [0.1, 0.15) is 11.6 Å². The van der Waals surface area contributed by atoms with Crippen LogP contribution in [0.5, 0.6) is 0 Å². The summed E-state index contributed by atoms with van der Waals surface area (Å²) >= 11 is 0. The number of rotatable bonds is 4. The molecule has 0 bridgehead atoms. The van der Waals surface area contributed by atoms with E-state index in [-0.39, 0.29) is 17.5 Å². The summed E-state index contributed by atoms with van der Waals surface area (Å²) in [6, 6.07) is 20.8. The van der Waals surface area contributed by atoms with E-state index in [0.29, 0.717) is 0 Å². The number of carbonyl (C=O) groups is 1. The first kappa shape index (κ1) is 14.5. The highest BCUT2D eigenvalue weighted by atomic mass is 16.1. The Kier molecular flexibility index (Phi) is 4.89. The van der Waals surface area contributed by atoms with Crippen LogP contribution in [0.25, 0.3) is 6.08 Å². The Morgan fingerprint density at radius 3 is 2.24 bits per heavy atom. The molecule has 0 heterocycles. The van der Waals surface area contributed by atoms with E-state index in [9.17, 15) is 4.79 Å². The van der Waals surface area contributed by atoms with Crippen LogP contribution in [-0.2, 0) is 4.79 Å². The van der Waals surface area contributed by atoms with Crippen molar-refractivity contribution in [3.8, 4) is 6.07 Å². The van der Waals surface area contributed by atoms with Crippen molar-refractivity contribution in [2.45, 2.75) is 13.0 Å². The molecule has 21 heavy (non-hydrogen) atoms. The normalized spacial score (nSPS) is 12.3. The molecule has 0 saturated heterocycles. The summed E-state index contributed by atoms with van der Waals surface area (Å²) in [5.74, 6) is -0.363. The van der Waals surface area contributed by atoms with Crippen LogP contribution in [0.15, 0.2) is 66.2 Å². The zero-order valence-corrected chi connectivity index (χ0v) is 11.8. The molecular weight excluding hydrogens is 260 g/mol. The standard InChI is InChI=1S/C18H16N2O/c1-14(16-10-6-3-7-11-16)20-18(21)17(13-19)12-15-8-4-2-5-9-15/h2-12,14H,1H3,(H,20,21)/b17-12+/t14-/m0/s1. The van der Waals surface area contributed by atoms with E-state index >= 15 is 0 Å². The quantitative estimate of drug-likeness (QED) is 0.686. The molecule has 0 aliphatic carbocycles. The van der Waals surface area contributed by atoms with Gasteiger partial charge in [-0.25, -0.2) is 0 Å². The van der Waals surface area contributed by atoms with Crippen molar-refractivity contribution in [2.75, 3.05) is 0 Å². The molecule has 0 radical (unpaired) electrons. The highest BCUT2D eigenvalue weighted by Gasteiger charge is 2.13. The Labute approximate surface area is 124 Å². The van der Waals surface area contributed by atoms with Crippen molar-refractivity contribution in [2.24, 2.45) is 0 Å². The van der Waals surface area contributed by atoms with E-state index in [0.717, 1.165) is 11.1 Å². The van der Waals surface area contributed by atoms with Gasteiger partial charge in [-0.3, -0.25) is 4.79 Å². The third-order valence-corrected chi connectivity index (χ3v) is 3.12. The molecule has 0 spiro atoms. The van der Waals surface area contributed by atoms with Crippen molar-refractivity contribution in [1.82, 2.24) is 5.32 Å². The Bertz CT molecular complexity index is 669. The smallest absolute Gasteiger partial charge is 0.262 e. The first-order valence-electron chi connectivity index (χ1n) is 6.73. The van der Waals surface area contributed by atoms with E-state index < -0.39 is 0 Å². The number of nitrogens with zero attached hydrogens (tertiary/aromatic N) is 1. The lowest BCUT2D eigenvalue weighted by molar-refractivity contribution is -0.117. The second-order valence-electron chi connectivity index (χ2n) is 4.69. The lowest BCUT2D eigenvalue weighted by atomic mass is 10.1. The number of benzene rings is 2. The molecule has 2 aromatic carbocycles. The topological polar surface area (TPSA) is 52.9 Å². The summed E-state index contributed by atoms with van der Waals surface area (Å²) in [4.78, 5) is 12.2. The van der Waals surface area contributed by atoms with E-state index in [2.05, 4.69) is 5.32 Å². The molecule has 1 atom stereocenters. The maximum atomic E-state index is 12.2. The molecule has 0 aliphatic heterocycles. The minimum atomic E-state index is -0.363. The zero-order valence-electron chi connectivity index (χ0n) is 11.8. The highest BCUT2D eigenvalue weighted by Crippen LogP contribution is 2.13. The van der Waals surface area contributed by atoms with Crippen LogP contribution in [0.1, 0.15) is 24.1 Å². The SMILES string of the molecule is C[C@H](NC(=O)/C(C#N)=C/c1ccccc1)c1ccccc1. The average molecular weight is 276 g/mol. The fourth-order valence-corrected chi connectivity index (χ4v) is 1.96. The number of hydrogen-bond acceptors (Lipinski definition) is 2. The van der Waals surface area contributed by atoms with Crippen LogP contribution in [0.4, 0.5) is 0 Å². The molecule has 1 N–H and O–H groups in total. The van der Waals surface area contributed by atoms with E-state index in [4.69, 9.17) is 5.26 Å². The molecule has 0 saturated carbocycles. The summed E-state index contributed by atoms with van der Waals surface area (Å²) in [6.07, 6.45) is 1.59. The summed E-state index contributed by atoms with van der Waals surface area (Å²) < 4.78 is 0. The van der Waals surface area contributed by atoms with Gasteiger partial charge in [-0.1, -0.05) is 60.7 Å². The van der Waals surface area contributed by atoms with Gasteiger partial charge in [-0.05, 0) is 24.1 Å². The Hall–Kier alpha value is -2.86. The molecule has 0 fully saturated rings. The molecule has 1 amide bonds. The van der Waals surface area contributed by atoms with Gasteiger partial charge in [0.05, 0.1) is 6.04 Å². The number of hydrogen-bond donors (Lipinski definition) is 1. The third kappa shape index (κ3) is 4.05. The summed E-state index contributed by atoms with van der Waals surface area (Å²) in [7, 11) is 0. The molecule has 0 aliphatic rings. The van der Waals surface area contributed by atoms with Crippen molar-refractivity contribution in [1.29, 1.82) is 5.26 Å². The molecule has 3 heteroatoms. The summed E-state index contributed by atoms with van der Waals surface area (Å²) in [5.41, 5.74) is 1.93. The van der Waals surface area contributed by atoms with Gasteiger partial charge in [0.25, 0.3) is 5.91 Å². The van der Waals surface area contributed by atoms with Gasteiger partial charge in [0.2, 0.25) is 0 Å². The predicted molar refractivity (Wildman–Crippen MR) is 83.0 cm³/mol. The van der Waals surface area contributed by atoms with Crippen molar-refractivity contribution in [3.05, 3.63) is 77.4 Å². The monoisotopic (exact) mass is 276 g/mol. The number of amides is 1. The van der Waals surface area contributed by atoms with E-state index in [1.54, 1.807) is 6.08 Å². The van der Waals surface area contributed by atoms with Crippen molar-refractivity contribution >= 4 is 12.0 Å². The Morgan fingerprint density at radius 1 is 1.10 bits per heavy atom. The summed E-state index contributed by atoms with van der Waals surface area (Å²) in [6.45, 7) is 1.89. The van der Waals surface area contributed by atoms with Gasteiger partial charge in [-0.2, -0.15) is 5.26 Å². The van der Waals surface area contributed by atoms with Crippen molar-refractivity contribution < 1.29 is 4.79 Å². The lowest BCUT2D eigenvalue weighted by Gasteiger charge is -2.13. The Balaban J connectivity index is 2.11. The van der Waals surface area contributed by atoms with Gasteiger partial charge in [-0.15, -0.1) is 0 Å². The minimum absolute atomic E-state index is 0.101. The second kappa shape index (κ2) is 7.06. The lowest BCUT2D eigenvalue weighted by Crippen LogP contribution is -2.27. The summed E-state index contributed by atoms with van der Waals surface area (Å²) in [5, 5.41) is 12.0. The Morgan fingerprint density at radius 2 is 1.67 bits per heavy atom. The fourth-order valence-electron chi connectivity index (χ4n) is 1.96.